The van der Waals surface area contributed by atoms with Crippen LogP contribution in [0.15, 0.2) is 30.3 Å². The molecular weight excluding hydrogens is 256 g/mol. The number of carboxylic acid groups (broad SMARTS) is 1. The highest BCUT2D eigenvalue weighted by Gasteiger charge is 2.33. The van der Waals surface area contributed by atoms with Gasteiger partial charge in [-0.15, -0.1) is 0 Å². The smallest absolute Gasteiger partial charge is 0.320 e. The Bertz CT molecular complexity index is 467. The topological polar surface area (TPSA) is 60.9 Å². The number of hydrogen-bond donors (Lipinski definition) is 1. The number of hydrogen-bond acceptors (Lipinski definition) is 3. The van der Waals surface area contributed by atoms with Crippen LogP contribution in [-0.2, 0) is 9.59 Å². The van der Waals surface area contributed by atoms with Crippen molar-refractivity contribution in [2.24, 2.45) is 0 Å². The summed E-state index contributed by atoms with van der Waals surface area (Å²) >= 11 is 0. The third-order valence-electron chi connectivity index (χ3n) is 3.76. The van der Waals surface area contributed by atoms with Gasteiger partial charge >= 0.3 is 5.97 Å². The Labute approximate surface area is 118 Å². The minimum absolute atomic E-state index is 0.306. The summed E-state index contributed by atoms with van der Waals surface area (Å²) in [5, 5.41) is 9.37. The summed E-state index contributed by atoms with van der Waals surface area (Å²) < 4.78 is 0. The molecular formula is C15H20N2O3. The molecule has 1 N–H and O–H groups in total. The number of piperazine rings is 1. The van der Waals surface area contributed by atoms with E-state index in [-0.39, 0.29) is 5.91 Å². The summed E-state index contributed by atoms with van der Waals surface area (Å²) in [7, 11) is 0. The predicted octanol–water partition coefficient (Wildman–Crippen LogP) is 1.02. The van der Waals surface area contributed by atoms with Gasteiger partial charge in [-0.05, 0) is 12.1 Å². The summed E-state index contributed by atoms with van der Waals surface area (Å²) in [6.45, 7) is 5.86. The van der Waals surface area contributed by atoms with Gasteiger partial charge in [0.25, 0.3) is 0 Å². The Hall–Kier alpha value is -1.88. The first-order chi connectivity index (χ1) is 9.63. The number of likely N-dealkylation sites (N-methyl/N-ethyl adjacent to an activating group) is 1. The van der Waals surface area contributed by atoms with Crippen LogP contribution in [0.1, 0.15) is 18.4 Å². The minimum atomic E-state index is -1.09. The van der Waals surface area contributed by atoms with Gasteiger partial charge in [-0.2, -0.15) is 0 Å². The van der Waals surface area contributed by atoms with Crippen molar-refractivity contribution < 1.29 is 14.7 Å². The first kappa shape index (κ1) is 14.5. The van der Waals surface area contributed by atoms with Crippen molar-refractivity contribution in [3.63, 3.8) is 0 Å². The van der Waals surface area contributed by atoms with Gasteiger partial charge in [-0.25, -0.2) is 0 Å². The molecule has 0 radical (unpaired) electrons. The third-order valence-corrected chi connectivity index (χ3v) is 3.76. The number of aliphatic carboxylic acids is 1. The van der Waals surface area contributed by atoms with E-state index in [1.165, 1.54) is 0 Å². The van der Waals surface area contributed by atoms with Gasteiger partial charge in [0.15, 0.2) is 5.92 Å². The zero-order valence-electron chi connectivity index (χ0n) is 11.7. The molecule has 0 spiro atoms. The van der Waals surface area contributed by atoms with E-state index in [0.717, 1.165) is 19.6 Å². The molecule has 1 aromatic rings. The Morgan fingerprint density at radius 1 is 1.15 bits per heavy atom. The van der Waals surface area contributed by atoms with E-state index in [2.05, 4.69) is 11.8 Å². The summed E-state index contributed by atoms with van der Waals surface area (Å²) in [5.74, 6) is -2.48. The van der Waals surface area contributed by atoms with Gasteiger partial charge in [-0.1, -0.05) is 37.3 Å². The van der Waals surface area contributed by atoms with Crippen molar-refractivity contribution in [3.8, 4) is 0 Å². The monoisotopic (exact) mass is 276 g/mol. The highest BCUT2D eigenvalue weighted by molar-refractivity contribution is 6.02. The van der Waals surface area contributed by atoms with Gasteiger partial charge in [0, 0.05) is 26.2 Å². The van der Waals surface area contributed by atoms with E-state index in [4.69, 9.17) is 0 Å². The van der Waals surface area contributed by atoms with E-state index in [1.807, 2.05) is 6.07 Å². The van der Waals surface area contributed by atoms with Crippen molar-refractivity contribution in [1.82, 2.24) is 9.80 Å². The molecule has 0 saturated carbocycles. The molecule has 1 saturated heterocycles. The minimum Gasteiger partial charge on any atom is -0.480 e. The highest BCUT2D eigenvalue weighted by atomic mass is 16.4. The van der Waals surface area contributed by atoms with E-state index in [9.17, 15) is 14.7 Å². The fourth-order valence-electron chi connectivity index (χ4n) is 2.50. The lowest BCUT2D eigenvalue weighted by molar-refractivity contribution is -0.147. The quantitative estimate of drug-likeness (QED) is 0.834. The van der Waals surface area contributed by atoms with Crippen LogP contribution in [0.4, 0.5) is 0 Å². The predicted molar refractivity (Wildman–Crippen MR) is 75.5 cm³/mol. The van der Waals surface area contributed by atoms with Gasteiger partial charge in [0.1, 0.15) is 0 Å². The number of rotatable bonds is 4. The maximum Gasteiger partial charge on any atom is 0.320 e. The first-order valence-electron chi connectivity index (χ1n) is 6.92. The molecule has 108 valence electrons. The molecule has 1 aliphatic heterocycles. The van der Waals surface area contributed by atoms with Crippen molar-refractivity contribution in [2.45, 2.75) is 12.8 Å². The molecule has 1 aliphatic rings. The van der Waals surface area contributed by atoms with Crippen molar-refractivity contribution in [2.75, 3.05) is 32.7 Å². The van der Waals surface area contributed by atoms with E-state index in [0.29, 0.717) is 18.7 Å². The number of nitrogens with zero attached hydrogens (tertiary/aromatic N) is 2. The number of carbonyl (C=O) groups excluding carboxylic acids is 1. The summed E-state index contributed by atoms with van der Waals surface area (Å²) in [4.78, 5) is 27.8. The molecule has 0 aliphatic carbocycles. The first-order valence-corrected chi connectivity index (χ1v) is 6.92. The van der Waals surface area contributed by atoms with Crippen LogP contribution < -0.4 is 0 Å². The standard InChI is InChI=1S/C15H20N2O3/c1-2-16-8-10-17(11-9-16)14(18)13(15(19)20)12-6-4-3-5-7-12/h3-7,13H,2,8-11H2,1H3,(H,19,20). The molecule has 1 fully saturated rings. The Kier molecular flexibility index (Phi) is 4.74. The second-order valence-electron chi connectivity index (χ2n) is 4.94. The van der Waals surface area contributed by atoms with Crippen LogP contribution in [0.3, 0.4) is 0 Å². The number of amides is 1. The number of carboxylic acids is 1. The fraction of sp³-hybridized carbons (Fsp3) is 0.467. The van der Waals surface area contributed by atoms with E-state index < -0.39 is 11.9 Å². The normalized spacial score (nSPS) is 17.8. The third kappa shape index (κ3) is 3.17. The Morgan fingerprint density at radius 3 is 2.25 bits per heavy atom. The summed E-state index contributed by atoms with van der Waals surface area (Å²) in [5.41, 5.74) is 0.544. The van der Waals surface area contributed by atoms with Crippen LogP contribution >= 0.6 is 0 Å². The molecule has 2 rings (SSSR count). The van der Waals surface area contributed by atoms with E-state index >= 15 is 0 Å². The Balaban J connectivity index is 2.11. The van der Waals surface area contributed by atoms with Gasteiger partial charge in [-0.3, -0.25) is 9.59 Å². The lowest BCUT2D eigenvalue weighted by Gasteiger charge is -2.35. The largest absolute Gasteiger partial charge is 0.480 e. The molecule has 0 bridgehead atoms. The van der Waals surface area contributed by atoms with Crippen LogP contribution in [0.2, 0.25) is 0 Å². The molecule has 20 heavy (non-hydrogen) atoms. The second kappa shape index (κ2) is 6.52. The molecule has 5 nitrogen and oxygen atoms in total. The molecule has 5 heteroatoms. The maximum absolute atomic E-state index is 12.5. The van der Waals surface area contributed by atoms with Crippen molar-refractivity contribution >= 4 is 11.9 Å². The average molecular weight is 276 g/mol. The SMILES string of the molecule is CCN1CCN(C(=O)C(C(=O)O)c2ccccc2)CC1. The molecule has 0 aromatic heterocycles. The number of carbonyl (C=O) groups is 2. The highest BCUT2D eigenvalue weighted by Crippen LogP contribution is 2.19. The number of benzene rings is 1. The second-order valence-corrected chi connectivity index (χ2v) is 4.94. The molecule has 1 heterocycles. The molecule has 1 atom stereocenters. The van der Waals surface area contributed by atoms with E-state index in [1.54, 1.807) is 29.2 Å². The van der Waals surface area contributed by atoms with Gasteiger partial charge in [0.2, 0.25) is 5.91 Å². The molecule has 1 unspecified atom stereocenters. The molecule has 1 aromatic carbocycles. The van der Waals surface area contributed by atoms with Crippen LogP contribution in [0.5, 0.6) is 0 Å². The average Bonchev–Trinajstić information content (AvgIpc) is 2.48. The zero-order chi connectivity index (χ0) is 14.5. The van der Waals surface area contributed by atoms with Crippen molar-refractivity contribution in [1.29, 1.82) is 0 Å². The van der Waals surface area contributed by atoms with Crippen LogP contribution in [-0.4, -0.2) is 59.5 Å². The zero-order valence-corrected chi connectivity index (χ0v) is 11.7. The molecule has 1 amide bonds. The summed E-state index contributed by atoms with van der Waals surface area (Å²) in [6, 6.07) is 8.71. The fourth-order valence-corrected chi connectivity index (χ4v) is 2.50. The summed E-state index contributed by atoms with van der Waals surface area (Å²) in [6.07, 6.45) is 0. The van der Waals surface area contributed by atoms with Crippen LogP contribution in [0, 0.1) is 0 Å². The van der Waals surface area contributed by atoms with Gasteiger partial charge < -0.3 is 14.9 Å². The lowest BCUT2D eigenvalue weighted by Crippen LogP contribution is -2.50. The maximum atomic E-state index is 12.5. The van der Waals surface area contributed by atoms with Gasteiger partial charge in [0.05, 0.1) is 0 Å². The lowest BCUT2D eigenvalue weighted by atomic mass is 9.97. The van der Waals surface area contributed by atoms with Crippen LogP contribution in [0.25, 0.3) is 0 Å². The van der Waals surface area contributed by atoms with Crippen molar-refractivity contribution in [3.05, 3.63) is 35.9 Å². The Morgan fingerprint density at radius 2 is 1.75 bits per heavy atom.